The Bertz CT molecular complexity index is 324. The first-order valence-corrected chi connectivity index (χ1v) is 5.72. The van der Waals surface area contributed by atoms with E-state index in [1.54, 1.807) is 0 Å². The monoisotopic (exact) mass is 220 g/mol. The molecular formula is C13H20N2O. The number of nitrogens with two attached hydrogens (primary N) is 1. The van der Waals surface area contributed by atoms with Gasteiger partial charge in [-0.2, -0.15) is 0 Å². The van der Waals surface area contributed by atoms with E-state index in [2.05, 4.69) is 5.32 Å². The second-order valence-corrected chi connectivity index (χ2v) is 4.11. The third kappa shape index (κ3) is 3.66. The first kappa shape index (κ1) is 12.7. The van der Waals surface area contributed by atoms with Crippen molar-refractivity contribution in [2.24, 2.45) is 11.7 Å². The number of hydrogen-bond donors (Lipinski definition) is 2. The summed E-state index contributed by atoms with van der Waals surface area (Å²) in [6, 6.07) is 9.42. The number of carbonyl (C=O) groups is 1. The first-order chi connectivity index (χ1) is 7.65. The summed E-state index contributed by atoms with van der Waals surface area (Å²) < 4.78 is 0. The highest BCUT2D eigenvalue weighted by molar-refractivity contribution is 5.81. The van der Waals surface area contributed by atoms with Crippen molar-refractivity contribution in [3.63, 3.8) is 0 Å². The van der Waals surface area contributed by atoms with Gasteiger partial charge in [-0.15, -0.1) is 0 Å². The van der Waals surface area contributed by atoms with E-state index in [1.165, 1.54) is 0 Å². The molecule has 0 aliphatic carbocycles. The average Bonchev–Trinajstić information content (AvgIpc) is 2.35. The molecule has 1 aromatic rings. The molecule has 0 aromatic heterocycles. The number of carbonyl (C=O) groups excluding carboxylic acids is 1. The van der Waals surface area contributed by atoms with Crippen LogP contribution in [0.5, 0.6) is 0 Å². The van der Waals surface area contributed by atoms with Crippen LogP contribution in [0.4, 0.5) is 0 Å². The van der Waals surface area contributed by atoms with Crippen molar-refractivity contribution in [3.05, 3.63) is 35.9 Å². The van der Waals surface area contributed by atoms with Gasteiger partial charge in [0.05, 0.1) is 6.04 Å². The number of benzene rings is 1. The van der Waals surface area contributed by atoms with Crippen LogP contribution in [-0.4, -0.2) is 11.9 Å². The quantitative estimate of drug-likeness (QED) is 0.793. The van der Waals surface area contributed by atoms with Crippen molar-refractivity contribution < 1.29 is 4.79 Å². The summed E-state index contributed by atoms with van der Waals surface area (Å²) >= 11 is 0. The molecule has 1 rings (SSSR count). The average molecular weight is 220 g/mol. The molecule has 3 N–H and O–H groups in total. The van der Waals surface area contributed by atoms with Gasteiger partial charge in [0.15, 0.2) is 0 Å². The molecule has 0 bridgehead atoms. The van der Waals surface area contributed by atoms with Gasteiger partial charge < -0.3 is 11.1 Å². The summed E-state index contributed by atoms with van der Waals surface area (Å²) in [6.07, 6.45) is 0.917. The lowest BCUT2D eigenvalue weighted by Gasteiger charge is -2.17. The molecule has 0 spiro atoms. The van der Waals surface area contributed by atoms with E-state index in [4.69, 9.17) is 5.73 Å². The second kappa shape index (κ2) is 6.28. The Kier molecular flexibility index (Phi) is 4.99. The van der Waals surface area contributed by atoms with E-state index in [0.717, 1.165) is 12.0 Å². The van der Waals surface area contributed by atoms with Crippen molar-refractivity contribution in [2.45, 2.75) is 32.9 Å². The van der Waals surface area contributed by atoms with Crippen LogP contribution in [0.2, 0.25) is 0 Å². The highest BCUT2D eigenvalue weighted by atomic mass is 16.2. The molecule has 3 heteroatoms. The van der Waals surface area contributed by atoms with Gasteiger partial charge in [0.2, 0.25) is 5.91 Å². The maximum atomic E-state index is 11.7. The van der Waals surface area contributed by atoms with Crippen molar-refractivity contribution in [1.29, 1.82) is 0 Å². The standard InChI is InChI=1S/C13H20N2O/c1-3-10(2)12(14)13(16)15-9-11-7-5-4-6-8-11/h4-8,10,12H,3,9,14H2,1-2H3,(H,15,16)/t10-,12-/m0/s1. The minimum atomic E-state index is -0.409. The molecule has 0 saturated heterocycles. The highest BCUT2D eigenvalue weighted by Crippen LogP contribution is 2.05. The van der Waals surface area contributed by atoms with E-state index in [9.17, 15) is 4.79 Å². The van der Waals surface area contributed by atoms with Gasteiger partial charge in [-0.3, -0.25) is 4.79 Å². The molecule has 1 amide bonds. The summed E-state index contributed by atoms with van der Waals surface area (Å²) in [5, 5.41) is 2.85. The predicted octanol–water partition coefficient (Wildman–Crippen LogP) is 1.68. The molecule has 1 aromatic carbocycles. The largest absolute Gasteiger partial charge is 0.351 e. The fraction of sp³-hybridized carbons (Fsp3) is 0.462. The molecule has 0 fully saturated rings. The van der Waals surface area contributed by atoms with Crippen LogP contribution in [0, 0.1) is 5.92 Å². The van der Waals surface area contributed by atoms with Crippen LogP contribution >= 0.6 is 0 Å². The molecule has 0 aliphatic rings. The van der Waals surface area contributed by atoms with Crippen LogP contribution in [0.25, 0.3) is 0 Å². The van der Waals surface area contributed by atoms with Crippen LogP contribution in [-0.2, 0) is 11.3 Å². The Morgan fingerprint density at radius 3 is 2.56 bits per heavy atom. The zero-order chi connectivity index (χ0) is 12.0. The van der Waals surface area contributed by atoms with Crippen LogP contribution in [0.3, 0.4) is 0 Å². The Labute approximate surface area is 97.0 Å². The minimum absolute atomic E-state index is 0.0711. The first-order valence-electron chi connectivity index (χ1n) is 5.72. The normalized spacial score (nSPS) is 14.2. The molecule has 16 heavy (non-hydrogen) atoms. The Morgan fingerprint density at radius 2 is 2.00 bits per heavy atom. The van der Waals surface area contributed by atoms with Crippen LogP contribution in [0.1, 0.15) is 25.8 Å². The van der Waals surface area contributed by atoms with Crippen molar-refractivity contribution in [1.82, 2.24) is 5.32 Å². The van der Waals surface area contributed by atoms with Gasteiger partial charge in [0.25, 0.3) is 0 Å². The van der Waals surface area contributed by atoms with Crippen molar-refractivity contribution in [3.8, 4) is 0 Å². The lowest BCUT2D eigenvalue weighted by molar-refractivity contribution is -0.123. The maximum absolute atomic E-state index is 11.7. The number of rotatable bonds is 5. The van der Waals surface area contributed by atoms with Gasteiger partial charge in [0.1, 0.15) is 0 Å². The third-order valence-corrected chi connectivity index (χ3v) is 2.87. The van der Waals surface area contributed by atoms with E-state index < -0.39 is 6.04 Å². The summed E-state index contributed by atoms with van der Waals surface area (Å²) in [5.41, 5.74) is 6.91. The third-order valence-electron chi connectivity index (χ3n) is 2.87. The Balaban J connectivity index is 2.41. The zero-order valence-electron chi connectivity index (χ0n) is 9.94. The molecule has 3 nitrogen and oxygen atoms in total. The molecule has 2 atom stereocenters. The number of amides is 1. The topological polar surface area (TPSA) is 55.1 Å². The second-order valence-electron chi connectivity index (χ2n) is 4.11. The summed E-state index contributed by atoms with van der Waals surface area (Å²) in [6.45, 7) is 4.57. The lowest BCUT2D eigenvalue weighted by atomic mass is 9.99. The van der Waals surface area contributed by atoms with Crippen LogP contribution in [0.15, 0.2) is 30.3 Å². The van der Waals surface area contributed by atoms with E-state index in [0.29, 0.717) is 6.54 Å². The molecule has 0 radical (unpaired) electrons. The van der Waals surface area contributed by atoms with Crippen LogP contribution < -0.4 is 11.1 Å². The van der Waals surface area contributed by atoms with Gasteiger partial charge in [-0.25, -0.2) is 0 Å². The molecule has 0 aliphatic heterocycles. The van der Waals surface area contributed by atoms with E-state index in [1.807, 2.05) is 44.2 Å². The van der Waals surface area contributed by atoms with Gasteiger partial charge in [-0.05, 0) is 11.5 Å². The van der Waals surface area contributed by atoms with Gasteiger partial charge >= 0.3 is 0 Å². The number of hydrogen-bond acceptors (Lipinski definition) is 2. The molecule has 0 heterocycles. The fourth-order valence-electron chi connectivity index (χ4n) is 1.42. The van der Waals surface area contributed by atoms with Crippen molar-refractivity contribution >= 4 is 5.91 Å². The molecular weight excluding hydrogens is 200 g/mol. The van der Waals surface area contributed by atoms with Crippen molar-refractivity contribution in [2.75, 3.05) is 0 Å². The summed E-state index contributed by atoms with van der Waals surface area (Å²) in [7, 11) is 0. The Hall–Kier alpha value is -1.35. The van der Waals surface area contributed by atoms with Gasteiger partial charge in [0, 0.05) is 6.54 Å². The van der Waals surface area contributed by atoms with E-state index in [-0.39, 0.29) is 11.8 Å². The SMILES string of the molecule is CC[C@H](C)[C@H](N)C(=O)NCc1ccccc1. The molecule has 0 saturated carbocycles. The highest BCUT2D eigenvalue weighted by Gasteiger charge is 2.18. The summed E-state index contributed by atoms with van der Waals surface area (Å²) in [5.74, 6) is 0.147. The smallest absolute Gasteiger partial charge is 0.237 e. The molecule has 0 unspecified atom stereocenters. The maximum Gasteiger partial charge on any atom is 0.237 e. The predicted molar refractivity (Wildman–Crippen MR) is 65.7 cm³/mol. The Morgan fingerprint density at radius 1 is 1.38 bits per heavy atom. The van der Waals surface area contributed by atoms with E-state index >= 15 is 0 Å². The lowest BCUT2D eigenvalue weighted by Crippen LogP contribution is -2.44. The fourth-order valence-corrected chi connectivity index (χ4v) is 1.42. The zero-order valence-corrected chi connectivity index (χ0v) is 9.94. The number of nitrogens with one attached hydrogen (secondary N) is 1. The summed E-state index contributed by atoms with van der Waals surface area (Å²) in [4.78, 5) is 11.7. The van der Waals surface area contributed by atoms with Gasteiger partial charge in [-0.1, -0.05) is 50.6 Å². The molecule has 88 valence electrons. The minimum Gasteiger partial charge on any atom is -0.351 e.